The first kappa shape index (κ1) is 13.7. The molecule has 0 spiro atoms. The molecule has 1 N–H and O–H groups in total. The Bertz CT molecular complexity index is 499. The van der Waals surface area contributed by atoms with Crippen molar-refractivity contribution in [2.24, 2.45) is 0 Å². The van der Waals surface area contributed by atoms with Crippen LogP contribution in [-0.4, -0.2) is 5.11 Å². The summed E-state index contributed by atoms with van der Waals surface area (Å²) in [5.41, 5.74) is 0.371. The van der Waals surface area contributed by atoms with E-state index in [0.29, 0.717) is 12.0 Å². The van der Waals surface area contributed by atoms with Crippen molar-refractivity contribution in [1.82, 2.24) is 0 Å². The van der Waals surface area contributed by atoms with Crippen LogP contribution in [0, 0.1) is 5.82 Å². The standard InChI is InChI=1S/C14H14BrFOS/c15-10-6-7-13(16)12(9-10)14(17)5-1-3-11-4-2-8-18-11/h2,4,6-9,14,17H,1,3,5H2. The van der Waals surface area contributed by atoms with E-state index in [4.69, 9.17) is 0 Å². The van der Waals surface area contributed by atoms with E-state index in [0.717, 1.165) is 17.3 Å². The molecule has 0 saturated carbocycles. The molecule has 1 atom stereocenters. The first-order valence-corrected chi connectivity index (χ1v) is 7.49. The fraction of sp³-hybridized carbons (Fsp3) is 0.286. The third-order valence-electron chi connectivity index (χ3n) is 2.80. The first-order valence-electron chi connectivity index (χ1n) is 5.82. The number of rotatable bonds is 5. The van der Waals surface area contributed by atoms with Crippen molar-refractivity contribution >= 4 is 27.3 Å². The van der Waals surface area contributed by atoms with Gasteiger partial charge >= 0.3 is 0 Å². The lowest BCUT2D eigenvalue weighted by Gasteiger charge is -2.12. The molecular weight excluding hydrogens is 315 g/mol. The van der Waals surface area contributed by atoms with Crippen LogP contribution in [0.1, 0.15) is 29.4 Å². The van der Waals surface area contributed by atoms with Gasteiger partial charge in [0.1, 0.15) is 5.82 Å². The van der Waals surface area contributed by atoms with Crippen LogP contribution >= 0.6 is 27.3 Å². The highest BCUT2D eigenvalue weighted by atomic mass is 79.9. The molecule has 0 aliphatic carbocycles. The molecular formula is C14H14BrFOS. The highest BCUT2D eigenvalue weighted by molar-refractivity contribution is 9.10. The van der Waals surface area contributed by atoms with Crippen LogP contribution in [0.5, 0.6) is 0 Å². The Labute approximate surface area is 118 Å². The van der Waals surface area contributed by atoms with Gasteiger partial charge in [-0.05, 0) is 48.9 Å². The average Bonchev–Trinajstić information content (AvgIpc) is 2.85. The Morgan fingerprint density at radius 2 is 2.17 bits per heavy atom. The van der Waals surface area contributed by atoms with E-state index in [1.165, 1.54) is 10.9 Å². The van der Waals surface area contributed by atoms with Gasteiger partial charge in [0.15, 0.2) is 0 Å². The van der Waals surface area contributed by atoms with Gasteiger partial charge in [0.05, 0.1) is 6.10 Å². The molecule has 0 aliphatic rings. The summed E-state index contributed by atoms with van der Waals surface area (Å²) in [5.74, 6) is -0.346. The minimum absolute atomic E-state index is 0.346. The van der Waals surface area contributed by atoms with Gasteiger partial charge in [0.25, 0.3) is 0 Å². The second-order valence-corrected chi connectivity index (χ2v) is 6.10. The summed E-state index contributed by atoms with van der Waals surface area (Å²) in [7, 11) is 0. The Morgan fingerprint density at radius 3 is 2.89 bits per heavy atom. The van der Waals surface area contributed by atoms with Gasteiger partial charge in [0, 0.05) is 14.9 Å². The molecule has 18 heavy (non-hydrogen) atoms. The Hall–Kier alpha value is -0.710. The molecule has 0 amide bonds. The molecule has 1 heterocycles. The molecule has 0 saturated heterocycles. The molecule has 1 aromatic carbocycles. The largest absolute Gasteiger partial charge is 0.388 e. The van der Waals surface area contributed by atoms with E-state index in [-0.39, 0.29) is 5.82 Å². The maximum Gasteiger partial charge on any atom is 0.129 e. The minimum Gasteiger partial charge on any atom is -0.388 e. The Morgan fingerprint density at radius 1 is 1.33 bits per heavy atom. The lowest BCUT2D eigenvalue weighted by molar-refractivity contribution is 0.160. The third-order valence-corrected chi connectivity index (χ3v) is 4.23. The minimum atomic E-state index is -0.734. The van der Waals surface area contributed by atoms with Crippen LogP contribution < -0.4 is 0 Å². The molecule has 0 bridgehead atoms. The van der Waals surface area contributed by atoms with Crippen LogP contribution in [0.2, 0.25) is 0 Å². The van der Waals surface area contributed by atoms with Gasteiger partial charge in [-0.3, -0.25) is 0 Å². The van der Waals surface area contributed by atoms with Gasteiger partial charge in [-0.15, -0.1) is 11.3 Å². The predicted octanol–water partition coefficient (Wildman–Crippen LogP) is 4.71. The zero-order valence-electron chi connectivity index (χ0n) is 9.77. The molecule has 1 unspecified atom stereocenters. The van der Waals surface area contributed by atoms with Gasteiger partial charge in [-0.1, -0.05) is 22.0 Å². The number of hydrogen-bond acceptors (Lipinski definition) is 2. The number of benzene rings is 1. The van der Waals surface area contributed by atoms with E-state index in [1.54, 1.807) is 23.5 Å². The summed E-state index contributed by atoms with van der Waals surface area (Å²) < 4.78 is 14.3. The molecule has 0 aliphatic heterocycles. The normalized spacial score (nSPS) is 12.6. The summed E-state index contributed by atoms with van der Waals surface area (Å²) in [6.07, 6.45) is 1.63. The van der Waals surface area contributed by atoms with Crippen LogP contribution in [0.3, 0.4) is 0 Å². The SMILES string of the molecule is OC(CCCc1cccs1)c1cc(Br)ccc1F. The quantitative estimate of drug-likeness (QED) is 0.842. The van der Waals surface area contributed by atoms with Crippen molar-refractivity contribution in [3.8, 4) is 0 Å². The van der Waals surface area contributed by atoms with E-state index < -0.39 is 6.10 Å². The van der Waals surface area contributed by atoms with Crippen LogP contribution in [-0.2, 0) is 6.42 Å². The van der Waals surface area contributed by atoms with Gasteiger partial charge in [0.2, 0.25) is 0 Å². The lowest BCUT2D eigenvalue weighted by Crippen LogP contribution is -2.01. The zero-order valence-corrected chi connectivity index (χ0v) is 12.2. The molecule has 2 rings (SSSR count). The number of thiophene rings is 1. The molecule has 1 nitrogen and oxygen atoms in total. The molecule has 96 valence electrons. The first-order chi connectivity index (χ1) is 8.66. The highest BCUT2D eigenvalue weighted by Crippen LogP contribution is 2.25. The molecule has 0 fully saturated rings. The number of aryl methyl sites for hydroxylation is 1. The highest BCUT2D eigenvalue weighted by Gasteiger charge is 2.13. The fourth-order valence-electron chi connectivity index (χ4n) is 1.85. The number of halogens is 2. The summed E-state index contributed by atoms with van der Waals surface area (Å²) in [6.45, 7) is 0. The van der Waals surface area contributed by atoms with Gasteiger partial charge in [-0.25, -0.2) is 4.39 Å². The number of aliphatic hydroxyl groups is 1. The van der Waals surface area contributed by atoms with Crippen molar-refractivity contribution < 1.29 is 9.50 Å². The van der Waals surface area contributed by atoms with Crippen LogP contribution in [0.4, 0.5) is 4.39 Å². The Kier molecular flexibility index (Phi) is 4.92. The molecule has 2 aromatic rings. The fourth-order valence-corrected chi connectivity index (χ4v) is 2.98. The Balaban J connectivity index is 1.91. The smallest absolute Gasteiger partial charge is 0.129 e. The lowest BCUT2D eigenvalue weighted by atomic mass is 10.0. The summed E-state index contributed by atoms with van der Waals surface area (Å²) >= 11 is 5.00. The summed E-state index contributed by atoms with van der Waals surface area (Å²) in [5, 5.41) is 12.0. The van der Waals surface area contributed by atoms with E-state index in [2.05, 4.69) is 22.0 Å². The van der Waals surface area contributed by atoms with Crippen molar-refractivity contribution in [2.75, 3.05) is 0 Å². The van der Waals surface area contributed by atoms with E-state index in [9.17, 15) is 9.50 Å². The van der Waals surface area contributed by atoms with Crippen molar-refractivity contribution in [3.05, 3.63) is 56.4 Å². The van der Waals surface area contributed by atoms with Crippen LogP contribution in [0.15, 0.2) is 40.2 Å². The topological polar surface area (TPSA) is 20.2 Å². The monoisotopic (exact) mass is 328 g/mol. The average molecular weight is 329 g/mol. The predicted molar refractivity (Wildman–Crippen MR) is 76.3 cm³/mol. The third kappa shape index (κ3) is 3.64. The number of aliphatic hydroxyl groups excluding tert-OH is 1. The van der Waals surface area contributed by atoms with Gasteiger partial charge < -0.3 is 5.11 Å². The maximum atomic E-state index is 13.5. The van der Waals surface area contributed by atoms with E-state index >= 15 is 0 Å². The van der Waals surface area contributed by atoms with Crippen molar-refractivity contribution in [1.29, 1.82) is 0 Å². The van der Waals surface area contributed by atoms with Crippen LogP contribution in [0.25, 0.3) is 0 Å². The molecule has 4 heteroatoms. The van der Waals surface area contributed by atoms with Crippen molar-refractivity contribution in [2.45, 2.75) is 25.4 Å². The zero-order chi connectivity index (χ0) is 13.0. The van der Waals surface area contributed by atoms with E-state index in [1.807, 2.05) is 11.4 Å². The van der Waals surface area contributed by atoms with Crippen molar-refractivity contribution in [3.63, 3.8) is 0 Å². The summed E-state index contributed by atoms with van der Waals surface area (Å²) in [6, 6.07) is 8.76. The van der Waals surface area contributed by atoms with Gasteiger partial charge in [-0.2, -0.15) is 0 Å². The summed E-state index contributed by atoms with van der Waals surface area (Å²) in [4.78, 5) is 1.30. The second-order valence-electron chi connectivity index (χ2n) is 4.15. The molecule has 1 aromatic heterocycles. The maximum absolute atomic E-state index is 13.5. The molecule has 0 radical (unpaired) electrons. The number of hydrogen-bond donors (Lipinski definition) is 1. The second kappa shape index (κ2) is 6.45.